The Labute approximate surface area is 126 Å². The van der Waals surface area contributed by atoms with Crippen molar-refractivity contribution in [2.24, 2.45) is 12.2 Å². The molecule has 0 bridgehead atoms. The molecular weight excluding hydrogens is 280 g/mol. The van der Waals surface area contributed by atoms with E-state index in [1.165, 1.54) is 6.92 Å². The molecule has 5 nitrogen and oxygen atoms in total. The minimum absolute atomic E-state index is 0.310. The minimum Gasteiger partial charge on any atom is -0.486 e. The molecule has 1 aliphatic heterocycles. The molecule has 2 aromatic carbocycles. The summed E-state index contributed by atoms with van der Waals surface area (Å²) in [5, 5.41) is 6.11. The van der Waals surface area contributed by atoms with Crippen molar-refractivity contribution in [2.75, 3.05) is 6.61 Å². The highest BCUT2D eigenvalue weighted by Crippen LogP contribution is 2.40. The van der Waals surface area contributed by atoms with Crippen LogP contribution in [0.4, 0.5) is 0 Å². The van der Waals surface area contributed by atoms with Crippen molar-refractivity contribution in [1.29, 1.82) is 0 Å². The van der Waals surface area contributed by atoms with Crippen molar-refractivity contribution in [3.8, 4) is 5.75 Å². The zero-order valence-corrected chi connectivity index (χ0v) is 12.3. The molecule has 1 aliphatic rings. The second kappa shape index (κ2) is 4.59. The number of oxime groups is 1. The van der Waals surface area contributed by atoms with Crippen LogP contribution in [0.2, 0.25) is 0 Å². The van der Waals surface area contributed by atoms with Crippen LogP contribution in [0.3, 0.4) is 0 Å². The van der Waals surface area contributed by atoms with Gasteiger partial charge in [0.1, 0.15) is 18.1 Å². The third kappa shape index (κ3) is 1.72. The molecule has 0 saturated carbocycles. The second-order valence-electron chi connectivity index (χ2n) is 5.32. The molecule has 4 rings (SSSR count). The zero-order chi connectivity index (χ0) is 15.3. The van der Waals surface area contributed by atoms with Gasteiger partial charge in [0.05, 0.1) is 10.9 Å². The summed E-state index contributed by atoms with van der Waals surface area (Å²) in [6.45, 7) is 1.64. The molecule has 0 fully saturated rings. The molecule has 22 heavy (non-hydrogen) atoms. The minimum atomic E-state index is -0.438. The van der Waals surface area contributed by atoms with Gasteiger partial charge in [-0.2, -0.15) is 0 Å². The van der Waals surface area contributed by atoms with Crippen molar-refractivity contribution in [2.45, 2.75) is 6.92 Å². The van der Waals surface area contributed by atoms with Gasteiger partial charge >= 0.3 is 5.97 Å². The number of nitrogens with zero attached hydrogens (tertiary/aromatic N) is 2. The first-order valence-corrected chi connectivity index (χ1v) is 7.04. The van der Waals surface area contributed by atoms with Gasteiger partial charge < -0.3 is 14.1 Å². The van der Waals surface area contributed by atoms with E-state index >= 15 is 0 Å². The molecule has 2 heterocycles. The van der Waals surface area contributed by atoms with Crippen LogP contribution in [-0.2, 0) is 16.7 Å². The van der Waals surface area contributed by atoms with Crippen LogP contribution >= 0.6 is 0 Å². The highest BCUT2D eigenvalue weighted by Gasteiger charge is 2.25. The Balaban J connectivity index is 2.00. The smallest absolute Gasteiger partial charge is 0.331 e. The van der Waals surface area contributed by atoms with Gasteiger partial charge in [0.2, 0.25) is 0 Å². The Kier molecular flexibility index (Phi) is 2.69. The molecule has 0 saturated heterocycles. The van der Waals surface area contributed by atoms with Crippen LogP contribution in [-0.4, -0.2) is 22.9 Å². The molecule has 0 spiro atoms. The first-order valence-electron chi connectivity index (χ1n) is 7.04. The van der Waals surface area contributed by atoms with Crippen molar-refractivity contribution in [3.05, 3.63) is 42.0 Å². The quantitative estimate of drug-likeness (QED) is 0.512. The summed E-state index contributed by atoms with van der Waals surface area (Å²) in [5.41, 5.74) is 3.78. The summed E-state index contributed by atoms with van der Waals surface area (Å²) in [7, 11) is 2.04. The lowest BCUT2D eigenvalue weighted by atomic mass is 10.1. The van der Waals surface area contributed by atoms with E-state index in [-0.39, 0.29) is 0 Å². The molecule has 3 aromatic rings. The standard InChI is InChI=1S/C17H14N2O3/c1-10(20)22-18-13-9-21-17-11(13)7-8-15-16(17)12-5-3-4-6-14(12)19(15)2/h3-8H,9H2,1-2H3/b18-13+. The van der Waals surface area contributed by atoms with E-state index in [4.69, 9.17) is 9.57 Å². The number of ether oxygens (including phenoxy) is 1. The first kappa shape index (κ1) is 12.9. The van der Waals surface area contributed by atoms with Gasteiger partial charge in [-0.15, -0.1) is 0 Å². The molecule has 0 N–H and O–H groups in total. The Bertz CT molecular complexity index is 953. The number of carbonyl (C=O) groups excluding carboxylic acids is 1. The van der Waals surface area contributed by atoms with Crippen molar-refractivity contribution in [1.82, 2.24) is 4.57 Å². The van der Waals surface area contributed by atoms with Crippen LogP contribution < -0.4 is 4.74 Å². The molecule has 5 heteroatoms. The lowest BCUT2D eigenvalue weighted by molar-refractivity contribution is -0.140. The molecular formula is C17H14N2O3. The predicted molar refractivity (Wildman–Crippen MR) is 84.2 cm³/mol. The fourth-order valence-electron chi connectivity index (χ4n) is 3.01. The van der Waals surface area contributed by atoms with Gasteiger partial charge in [0, 0.05) is 30.4 Å². The summed E-state index contributed by atoms with van der Waals surface area (Å²) >= 11 is 0. The third-order valence-electron chi connectivity index (χ3n) is 3.98. The molecule has 0 radical (unpaired) electrons. The summed E-state index contributed by atoms with van der Waals surface area (Å²) in [6, 6.07) is 12.2. The SMILES string of the molecule is CC(=O)O/N=C1\COc2c1ccc1c2c2ccccc2n1C. The maximum Gasteiger partial charge on any atom is 0.331 e. The average molecular weight is 294 g/mol. The lowest BCUT2D eigenvalue weighted by Gasteiger charge is -2.01. The van der Waals surface area contributed by atoms with E-state index in [1.807, 2.05) is 31.3 Å². The number of para-hydroxylation sites is 1. The molecule has 110 valence electrons. The topological polar surface area (TPSA) is 52.8 Å². The number of aromatic nitrogens is 1. The lowest BCUT2D eigenvalue weighted by Crippen LogP contribution is -2.04. The van der Waals surface area contributed by atoms with Crippen LogP contribution in [0, 0.1) is 0 Å². The second-order valence-corrected chi connectivity index (χ2v) is 5.32. The van der Waals surface area contributed by atoms with Gasteiger partial charge in [-0.05, 0) is 18.2 Å². The molecule has 0 unspecified atom stereocenters. The van der Waals surface area contributed by atoms with Crippen molar-refractivity contribution in [3.63, 3.8) is 0 Å². The molecule has 0 amide bonds. The summed E-state index contributed by atoms with van der Waals surface area (Å²) in [6.07, 6.45) is 0. The van der Waals surface area contributed by atoms with E-state index in [2.05, 4.69) is 21.9 Å². The number of hydrogen-bond donors (Lipinski definition) is 0. The fraction of sp³-hybridized carbons (Fsp3) is 0.176. The largest absolute Gasteiger partial charge is 0.486 e. The van der Waals surface area contributed by atoms with E-state index < -0.39 is 5.97 Å². The Morgan fingerprint density at radius 2 is 2.05 bits per heavy atom. The Hall–Kier alpha value is -2.82. The van der Waals surface area contributed by atoms with Gasteiger partial charge in [0.25, 0.3) is 0 Å². The highest BCUT2D eigenvalue weighted by atomic mass is 16.7. The van der Waals surface area contributed by atoms with Crippen molar-refractivity contribution < 1.29 is 14.4 Å². The van der Waals surface area contributed by atoms with Gasteiger partial charge in [-0.1, -0.05) is 23.4 Å². The first-order chi connectivity index (χ1) is 10.7. The maximum atomic E-state index is 10.9. The maximum absolute atomic E-state index is 10.9. The number of carbonyl (C=O) groups is 1. The zero-order valence-electron chi connectivity index (χ0n) is 12.3. The van der Waals surface area contributed by atoms with Gasteiger partial charge in [-0.25, -0.2) is 4.79 Å². The fourth-order valence-corrected chi connectivity index (χ4v) is 3.01. The summed E-state index contributed by atoms with van der Waals surface area (Å²) in [4.78, 5) is 15.7. The number of benzene rings is 2. The van der Waals surface area contributed by atoms with Crippen LogP contribution in [0.15, 0.2) is 41.6 Å². The number of hydrogen-bond acceptors (Lipinski definition) is 4. The van der Waals surface area contributed by atoms with Crippen LogP contribution in [0.5, 0.6) is 5.75 Å². The number of aryl methyl sites for hydroxylation is 1. The highest BCUT2D eigenvalue weighted by molar-refractivity contribution is 6.18. The van der Waals surface area contributed by atoms with E-state index in [0.29, 0.717) is 12.3 Å². The summed E-state index contributed by atoms with van der Waals surface area (Å²) in [5.74, 6) is 0.368. The third-order valence-corrected chi connectivity index (χ3v) is 3.98. The molecule has 0 aliphatic carbocycles. The van der Waals surface area contributed by atoms with Crippen LogP contribution in [0.25, 0.3) is 21.8 Å². The van der Waals surface area contributed by atoms with E-state index in [9.17, 15) is 4.79 Å². The van der Waals surface area contributed by atoms with Crippen molar-refractivity contribution >= 4 is 33.5 Å². The Morgan fingerprint density at radius 1 is 1.23 bits per heavy atom. The molecule has 1 aromatic heterocycles. The molecule has 0 atom stereocenters. The normalized spacial score (nSPS) is 15.3. The van der Waals surface area contributed by atoms with E-state index in [0.717, 1.165) is 33.1 Å². The van der Waals surface area contributed by atoms with Gasteiger partial charge in [0.15, 0.2) is 0 Å². The Morgan fingerprint density at radius 3 is 2.86 bits per heavy atom. The monoisotopic (exact) mass is 294 g/mol. The number of rotatable bonds is 1. The predicted octanol–water partition coefficient (Wildman–Crippen LogP) is 2.99. The van der Waals surface area contributed by atoms with Crippen LogP contribution in [0.1, 0.15) is 12.5 Å². The number of fused-ring (bicyclic) bond motifs is 5. The van der Waals surface area contributed by atoms with Gasteiger partial charge in [-0.3, -0.25) is 0 Å². The average Bonchev–Trinajstić information content (AvgIpc) is 3.05. The summed E-state index contributed by atoms with van der Waals surface area (Å²) < 4.78 is 7.99. The van der Waals surface area contributed by atoms with E-state index in [1.54, 1.807) is 0 Å².